The molecule has 34 heavy (non-hydrogen) atoms. The van der Waals surface area contributed by atoms with Gasteiger partial charge in [-0.2, -0.15) is 13.2 Å². The maximum absolute atomic E-state index is 13.5. The fraction of sp³-hybridized carbons (Fsp3) is 0.560. The number of ether oxygens (including phenoxy) is 2. The molecule has 2 aliphatic heterocycles. The Bertz CT molecular complexity index is 1030. The average Bonchev–Trinajstić information content (AvgIpc) is 3.28. The van der Waals surface area contributed by atoms with Gasteiger partial charge in [-0.15, -0.1) is 0 Å². The number of methoxy groups -OCH3 is 1. The number of piperidine rings is 1. The van der Waals surface area contributed by atoms with E-state index in [1.54, 1.807) is 36.3 Å². The van der Waals surface area contributed by atoms with E-state index in [0.717, 1.165) is 12.8 Å². The molecule has 0 radical (unpaired) electrons. The number of halogens is 3. The third-order valence-corrected chi connectivity index (χ3v) is 7.18. The minimum Gasteiger partial charge on any atom is -0.493 e. The monoisotopic (exact) mass is 479 g/mol. The summed E-state index contributed by atoms with van der Waals surface area (Å²) in [6.45, 7) is 4.40. The molecule has 2 aromatic rings. The number of aromatic nitrogens is 1. The van der Waals surface area contributed by atoms with Gasteiger partial charge in [-0.05, 0) is 56.6 Å². The standard InChI is InChI=1S/C25H32F3N3O3/c1-4-5-16-34-20-17-18(6-7-19(20)33-3)23(32)30-12-10-24(11-13-30)21-8-9-22(25(26,27)28)31(21)15-14-29(24)2/h6-9,17H,4-5,10-16H2,1-3H3. The molecule has 1 amide bonds. The summed E-state index contributed by atoms with van der Waals surface area (Å²) >= 11 is 0. The van der Waals surface area contributed by atoms with Gasteiger partial charge < -0.3 is 18.9 Å². The number of hydrogen-bond donors (Lipinski definition) is 0. The van der Waals surface area contributed by atoms with E-state index in [4.69, 9.17) is 9.47 Å². The molecule has 1 spiro atoms. The Hall–Kier alpha value is -2.68. The third kappa shape index (κ3) is 4.37. The number of carbonyl (C=O) groups excluding carboxylic acids is 1. The van der Waals surface area contributed by atoms with Crippen molar-refractivity contribution >= 4 is 5.91 Å². The molecule has 186 valence electrons. The maximum atomic E-state index is 13.5. The molecule has 1 aromatic heterocycles. The fourth-order valence-corrected chi connectivity index (χ4v) is 5.17. The van der Waals surface area contributed by atoms with Gasteiger partial charge in [-0.1, -0.05) is 13.3 Å². The number of unbranched alkanes of at least 4 members (excludes halogenated alkanes) is 1. The van der Waals surface area contributed by atoms with Gasteiger partial charge in [0, 0.05) is 37.4 Å². The van der Waals surface area contributed by atoms with Crippen LogP contribution in [0, 0.1) is 0 Å². The van der Waals surface area contributed by atoms with Crippen LogP contribution in [0.25, 0.3) is 0 Å². The van der Waals surface area contributed by atoms with Gasteiger partial charge in [0.15, 0.2) is 11.5 Å². The van der Waals surface area contributed by atoms with Crippen molar-refractivity contribution in [1.82, 2.24) is 14.4 Å². The molecule has 0 unspecified atom stereocenters. The zero-order valence-corrected chi connectivity index (χ0v) is 20.0. The first-order valence-electron chi connectivity index (χ1n) is 11.8. The number of alkyl halides is 3. The van der Waals surface area contributed by atoms with Crippen LogP contribution in [0.3, 0.4) is 0 Å². The summed E-state index contributed by atoms with van der Waals surface area (Å²) in [6.07, 6.45) is -1.32. The summed E-state index contributed by atoms with van der Waals surface area (Å²) in [6, 6.07) is 7.98. The quantitative estimate of drug-likeness (QED) is 0.560. The van der Waals surface area contributed by atoms with Crippen molar-refractivity contribution in [3.8, 4) is 11.5 Å². The molecule has 0 aliphatic carbocycles. The van der Waals surface area contributed by atoms with Gasteiger partial charge in [0.05, 0.1) is 19.3 Å². The zero-order chi connectivity index (χ0) is 24.5. The summed E-state index contributed by atoms with van der Waals surface area (Å²) in [4.78, 5) is 17.2. The first-order valence-corrected chi connectivity index (χ1v) is 11.8. The molecular weight excluding hydrogens is 447 g/mol. The smallest absolute Gasteiger partial charge is 0.431 e. The van der Waals surface area contributed by atoms with Gasteiger partial charge in [-0.25, -0.2) is 0 Å². The minimum atomic E-state index is -4.38. The number of benzene rings is 1. The van der Waals surface area contributed by atoms with E-state index < -0.39 is 17.4 Å². The van der Waals surface area contributed by atoms with Crippen LogP contribution in [-0.4, -0.2) is 60.7 Å². The third-order valence-electron chi connectivity index (χ3n) is 7.18. The Morgan fingerprint density at radius 3 is 2.44 bits per heavy atom. The van der Waals surface area contributed by atoms with Crippen LogP contribution in [0.15, 0.2) is 30.3 Å². The Labute approximate surface area is 198 Å². The highest BCUT2D eigenvalue weighted by Crippen LogP contribution is 2.44. The topological polar surface area (TPSA) is 46.9 Å². The van der Waals surface area contributed by atoms with E-state index in [9.17, 15) is 18.0 Å². The number of likely N-dealkylation sites (N-methyl/N-ethyl adjacent to an activating group) is 1. The molecule has 1 aromatic carbocycles. The molecule has 0 N–H and O–H groups in total. The molecule has 0 saturated carbocycles. The van der Waals surface area contributed by atoms with Gasteiger partial charge in [-0.3, -0.25) is 9.69 Å². The summed E-state index contributed by atoms with van der Waals surface area (Å²) in [5.41, 5.74) is 0.106. The highest BCUT2D eigenvalue weighted by atomic mass is 19.4. The molecule has 9 heteroatoms. The summed E-state index contributed by atoms with van der Waals surface area (Å²) < 4.78 is 53.1. The van der Waals surface area contributed by atoms with Gasteiger partial charge in [0.2, 0.25) is 0 Å². The van der Waals surface area contributed by atoms with E-state index in [2.05, 4.69) is 11.8 Å². The number of carbonyl (C=O) groups is 1. The van der Waals surface area contributed by atoms with E-state index >= 15 is 0 Å². The van der Waals surface area contributed by atoms with Crippen LogP contribution >= 0.6 is 0 Å². The molecule has 0 atom stereocenters. The molecule has 1 fully saturated rings. The van der Waals surface area contributed by atoms with Crippen molar-refractivity contribution in [2.75, 3.05) is 40.4 Å². The van der Waals surface area contributed by atoms with Crippen LogP contribution in [0.5, 0.6) is 11.5 Å². The maximum Gasteiger partial charge on any atom is 0.431 e. The number of nitrogens with zero attached hydrogens (tertiary/aromatic N) is 3. The highest BCUT2D eigenvalue weighted by molar-refractivity contribution is 5.95. The average molecular weight is 480 g/mol. The number of rotatable bonds is 6. The van der Waals surface area contributed by atoms with Gasteiger partial charge in [0.1, 0.15) is 5.69 Å². The number of hydrogen-bond acceptors (Lipinski definition) is 4. The second-order valence-electron chi connectivity index (χ2n) is 9.07. The first-order chi connectivity index (χ1) is 16.2. The van der Waals surface area contributed by atoms with Crippen LogP contribution < -0.4 is 9.47 Å². The number of amides is 1. The van der Waals surface area contributed by atoms with Gasteiger partial charge >= 0.3 is 6.18 Å². The van der Waals surface area contributed by atoms with Crippen molar-refractivity contribution in [2.24, 2.45) is 0 Å². The van der Waals surface area contributed by atoms with Crippen LogP contribution in [0.2, 0.25) is 0 Å². The number of fused-ring (bicyclic) bond motifs is 2. The highest BCUT2D eigenvalue weighted by Gasteiger charge is 2.47. The largest absolute Gasteiger partial charge is 0.493 e. The van der Waals surface area contributed by atoms with Crippen LogP contribution in [0.1, 0.15) is 54.4 Å². The van der Waals surface area contributed by atoms with Gasteiger partial charge in [0.25, 0.3) is 5.91 Å². The predicted molar refractivity (Wildman–Crippen MR) is 122 cm³/mol. The normalized spacial score (nSPS) is 18.1. The van der Waals surface area contributed by atoms with E-state index in [1.807, 2.05) is 7.05 Å². The Balaban J connectivity index is 1.52. The van der Waals surface area contributed by atoms with Crippen molar-refractivity contribution < 1.29 is 27.4 Å². The SMILES string of the molecule is CCCCOc1cc(C(=O)N2CCC3(CC2)c2ccc(C(F)(F)F)n2CCN3C)ccc1OC. The second kappa shape index (κ2) is 9.52. The lowest BCUT2D eigenvalue weighted by molar-refractivity contribution is -0.144. The van der Waals surface area contributed by atoms with Crippen molar-refractivity contribution in [1.29, 1.82) is 0 Å². The lowest BCUT2D eigenvalue weighted by atomic mass is 9.81. The Kier molecular flexibility index (Phi) is 6.85. The summed E-state index contributed by atoms with van der Waals surface area (Å²) in [7, 11) is 3.53. The second-order valence-corrected chi connectivity index (χ2v) is 9.07. The number of likely N-dealkylation sites (tertiary alicyclic amines) is 1. The lowest BCUT2D eigenvalue weighted by Crippen LogP contribution is -2.56. The minimum absolute atomic E-state index is 0.109. The molecule has 4 rings (SSSR count). The molecule has 3 heterocycles. The van der Waals surface area contributed by atoms with Crippen molar-refractivity contribution in [3.05, 3.63) is 47.3 Å². The summed E-state index contributed by atoms with van der Waals surface area (Å²) in [5.74, 6) is 1.01. The molecule has 1 saturated heterocycles. The molecule has 6 nitrogen and oxygen atoms in total. The van der Waals surface area contributed by atoms with Crippen molar-refractivity contribution in [3.63, 3.8) is 0 Å². The lowest BCUT2D eigenvalue weighted by Gasteiger charge is -2.50. The summed E-state index contributed by atoms with van der Waals surface area (Å²) in [5, 5.41) is 0. The van der Waals surface area contributed by atoms with E-state index in [0.29, 0.717) is 68.4 Å². The Morgan fingerprint density at radius 1 is 1.06 bits per heavy atom. The van der Waals surface area contributed by atoms with Crippen LogP contribution in [0.4, 0.5) is 13.2 Å². The predicted octanol–water partition coefficient (Wildman–Crippen LogP) is 4.77. The Morgan fingerprint density at radius 2 is 1.79 bits per heavy atom. The molecule has 2 aliphatic rings. The molecular formula is C25H32F3N3O3. The fourth-order valence-electron chi connectivity index (χ4n) is 5.17. The van der Waals surface area contributed by atoms with E-state index in [1.165, 1.54) is 10.6 Å². The van der Waals surface area contributed by atoms with Crippen molar-refractivity contribution in [2.45, 2.75) is 50.9 Å². The van der Waals surface area contributed by atoms with E-state index in [-0.39, 0.29) is 5.91 Å². The van der Waals surface area contributed by atoms with Crippen LogP contribution in [-0.2, 0) is 18.3 Å². The molecule has 0 bridgehead atoms. The zero-order valence-electron chi connectivity index (χ0n) is 20.0. The first kappa shape index (κ1) is 24.4.